The Morgan fingerprint density at radius 1 is 0.935 bits per heavy atom. The van der Waals surface area contributed by atoms with E-state index in [9.17, 15) is 22.4 Å². The zero-order chi connectivity index (χ0) is 22.5. The number of hydrogen-bond acceptors (Lipinski definition) is 4. The van der Waals surface area contributed by atoms with E-state index in [1.54, 1.807) is 0 Å². The van der Waals surface area contributed by atoms with Crippen molar-refractivity contribution in [2.24, 2.45) is 11.8 Å². The highest BCUT2D eigenvalue weighted by atomic mass is 19.1. The highest BCUT2D eigenvalue weighted by Crippen LogP contribution is 2.31. The molecule has 31 heavy (non-hydrogen) atoms. The van der Waals surface area contributed by atoms with E-state index < -0.39 is 46.1 Å². The summed E-state index contributed by atoms with van der Waals surface area (Å²) in [7, 11) is 0. The molecule has 2 aromatic carbocycles. The Morgan fingerprint density at radius 2 is 1.45 bits per heavy atom. The van der Waals surface area contributed by atoms with Crippen LogP contribution in [0.3, 0.4) is 0 Å². The van der Waals surface area contributed by atoms with E-state index in [0.717, 1.165) is 50.2 Å². The van der Waals surface area contributed by atoms with Gasteiger partial charge in [0.15, 0.2) is 0 Å². The van der Waals surface area contributed by atoms with Crippen LogP contribution in [0.5, 0.6) is 11.5 Å². The van der Waals surface area contributed by atoms with Crippen LogP contribution in [0, 0.1) is 46.4 Å². The van der Waals surface area contributed by atoms with Crippen LogP contribution in [0.1, 0.15) is 54.9 Å². The standard InChI is InChI=1S/C23H21F4NO3/c1-2-13-3-5-14(6-4-13)12-30-15-7-20(26)22(21(27)8-15)23(29)31-16-9-18(24)17(11-28)19(25)10-16/h7-10,13-14H,2-6,12H2,1H3. The van der Waals surface area contributed by atoms with Crippen molar-refractivity contribution < 1.29 is 31.8 Å². The van der Waals surface area contributed by atoms with Gasteiger partial charge in [0, 0.05) is 24.3 Å². The van der Waals surface area contributed by atoms with Crippen molar-refractivity contribution in [3.05, 3.63) is 58.7 Å². The Morgan fingerprint density at radius 3 is 1.97 bits per heavy atom. The second-order valence-corrected chi connectivity index (χ2v) is 7.63. The Kier molecular flexibility index (Phi) is 7.16. The molecule has 0 atom stereocenters. The van der Waals surface area contributed by atoms with Crippen LogP contribution >= 0.6 is 0 Å². The zero-order valence-electron chi connectivity index (χ0n) is 16.9. The molecule has 164 valence electrons. The monoisotopic (exact) mass is 435 g/mol. The summed E-state index contributed by atoms with van der Waals surface area (Å²) in [6, 6.07) is 4.23. The molecule has 0 unspecified atom stereocenters. The fourth-order valence-electron chi connectivity index (χ4n) is 3.72. The highest BCUT2D eigenvalue weighted by Gasteiger charge is 2.24. The molecule has 2 aromatic rings. The lowest BCUT2D eigenvalue weighted by Gasteiger charge is -2.27. The average Bonchev–Trinajstić information content (AvgIpc) is 2.72. The van der Waals surface area contributed by atoms with E-state index in [1.165, 1.54) is 6.07 Å². The number of halogens is 4. The average molecular weight is 435 g/mol. The Balaban J connectivity index is 1.67. The van der Waals surface area contributed by atoms with Crippen molar-refractivity contribution in [2.75, 3.05) is 6.61 Å². The smallest absolute Gasteiger partial charge is 0.349 e. The van der Waals surface area contributed by atoms with Crippen molar-refractivity contribution in [1.29, 1.82) is 5.26 Å². The number of rotatable bonds is 6. The molecule has 3 rings (SSSR count). The maximum Gasteiger partial charge on any atom is 0.349 e. The summed E-state index contributed by atoms with van der Waals surface area (Å²) in [5.74, 6) is -6.09. The number of carbonyl (C=O) groups excluding carboxylic acids is 1. The molecule has 0 aromatic heterocycles. The predicted molar refractivity (Wildman–Crippen MR) is 104 cm³/mol. The summed E-state index contributed by atoms with van der Waals surface area (Å²) in [5, 5.41) is 8.65. The van der Waals surface area contributed by atoms with Crippen molar-refractivity contribution in [3.63, 3.8) is 0 Å². The summed E-state index contributed by atoms with van der Waals surface area (Å²) >= 11 is 0. The molecule has 0 amide bonds. The van der Waals surface area contributed by atoms with E-state index in [2.05, 4.69) is 11.7 Å². The number of nitrogens with zero attached hydrogens (tertiary/aromatic N) is 1. The first-order valence-corrected chi connectivity index (χ1v) is 10.1. The molecular formula is C23H21F4NO3. The molecule has 0 heterocycles. The van der Waals surface area contributed by atoms with Gasteiger partial charge in [-0.15, -0.1) is 0 Å². The number of ether oxygens (including phenoxy) is 2. The van der Waals surface area contributed by atoms with Crippen LogP contribution in [0.15, 0.2) is 24.3 Å². The lowest BCUT2D eigenvalue weighted by Crippen LogP contribution is -2.20. The van der Waals surface area contributed by atoms with Crippen molar-refractivity contribution >= 4 is 5.97 Å². The molecule has 0 radical (unpaired) electrons. The first kappa shape index (κ1) is 22.6. The fourth-order valence-corrected chi connectivity index (χ4v) is 3.72. The van der Waals surface area contributed by atoms with Crippen LogP contribution in [-0.4, -0.2) is 12.6 Å². The summed E-state index contributed by atoms with van der Waals surface area (Å²) in [5.41, 5.74) is -1.87. The minimum Gasteiger partial charge on any atom is -0.493 e. The molecule has 0 aliphatic heterocycles. The number of benzene rings is 2. The van der Waals surface area contributed by atoms with Gasteiger partial charge in [0.2, 0.25) is 0 Å². The molecule has 1 aliphatic rings. The Bertz CT molecular complexity index is 964. The van der Waals surface area contributed by atoms with E-state index in [1.807, 2.05) is 0 Å². The van der Waals surface area contributed by atoms with Crippen LogP contribution in [-0.2, 0) is 0 Å². The zero-order valence-corrected chi connectivity index (χ0v) is 16.9. The first-order valence-electron chi connectivity index (χ1n) is 10.1. The largest absolute Gasteiger partial charge is 0.493 e. The second kappa shape index (κ2) is 9.82. The van der Waals surface area contributed by atoms with Crippen molar-refractivity contribution in [3.8, 4) is 17.6 Å². The van der Waals surface area contributed by atoms with Crippen LogP contribution in [0.2, 0.25) is 0 Å². The van der Waals surface area contributed by atoms with Gasteiger partial charge in [-0.1, -0.05) is 26.2 Å². The third kappa shape index (κ3) is 5.35. The van der Waals surface area contributed by atoms with E-state index in [4.69, 9.17) is 10.00 Å². The third-order valence-electron chi connectivity index (χ3n) is 5.59. The summed E-state index contributed by atoms with van der Waals surface area (Å²) in [6.45, 7) is 2.48. The van der Waals surface area contributed by atoms with Gasteiger partial charge in [-0.2, -0.15) is 5.26 Å². The number of carbonyl (C=O) groups is 1. The van der Waals surface area contributed by atoms with Gasteiger partial charge in [-0.05, 0) is 24.7 Å². The predicted octanol–water partition coefficient (Wildman–Crippen LogP) is 5.93. The molecule has 1 saturated carbocycles. The van der Waals surface area contributed by atoms with E-state index >= 15 is 0 Å². The van der Waals surface area contributed by atoms with Gasteiger partial charge in [-0.3, -0.25) is 0 Å². The lowest BCUT2D eigenvalue weighted by molar-refractivity contribution is 0.0723. The quantitative estimate of drug-likeness (QED) is 0.321. The molecular weight excluding hydrogens is 414 g/mol. The first-order chi connectivity index (χ1) is 14.8. The maximum atomic E-state index is 14.4. The minimum atomic E-state index is -1.47. The molecule has 4 nitrogen and oxygen atoms in total. The van der Waals surface area contributed by atoms with Gasteiger partial charge >= 0.3 is 5.97 Å². The Labute approximate surface area is 177 Å². The van der Waals surface area contributed by atoms with Crippen molar-refractivity contribution in [1.82, 2.24) is 0 Å². The highest BCUT2D eigenvalue weighted by molar-refractivity contribution is 5.91. The van der Waals surface area contributed by atoms with Gasteiger partial charge in [0.1, 0.15) is 52.0 Å². The van der Waals surface area contributed by atoms with Gasteiger partial charge in [0.05, 0.1) is 6.61 Å². The molecule has 1 aliphatic carbocycles. The molecule has 0 bridgehead atoms. The van der Waals surface area contributed by atoms with Crippen LogP contribution in [0.4, 0.5) is 17.6 Å². The van der Waals surface area contributed by atoms with Crippen molar-refractivity contribution in [2.45, 2.75) is 39.0 Å². The molecule has 0 saturated heterocycles. The van der Waals surface area contributed by atoms with E-state index in [-0.39, 0.29) is 5.75 Å². The second-order valence-electron chi connectivity index (χ2n) is 7.63. The molecule has 8 heteroatoms. The van der Waals surface area contributed by atoms with E-state index in [0.29, 0.717) is 24.7 Å². The van der Waals surface area contributed by atoms with Gasteiger partial charge in [-0.25, -0.2) is 22.4 Å². The van der Waals surface area contributed by atoms with Gasteiger partial charge < -0.3 is 9.47 Å². The normalized spacial score (nSPS) is 18.3. The minimum absolute atomic E-state index is 0.0559. The van der Waals surface area contributed by atoms with Gasteiger partial charge in [0.25, 0.3) is 0 Å². The third-order valence-corrected chi connectivity index (χ3v) is 5.59. The Hall–Kier alpha value is -3.08. The summed E-state index contributed by atoms with van der Waals surface area (Å²) in [6.07, 6.45) is 5.34. The number of hydrogen-bond donors (Lipinski definition) is 0. The topological polar surface area (TPSA) is 59.3 Å². The lowest BCUT2D eigenvalue weighted by atomic mass is 9.81. The molecule has 0 N–H and O–H groups in total. The SMILES string of the molecule is CCC1CCC(COc2cc(F)c(C(=O)Oc3cc(F)c(C#N)c(F)c3)c(F)c2)CC1. The molecule has 0 spiro atoms. The summed E-state index contributed by atoms with van der Waals surface area (Å²) < 4.78 is 66.3. The maximum absolute atomic E-state index is 14.4. The molecule has 1 fully saturated rings. The summed E-state index contributed by atoms with van der Waals surface area (Å²) in [4.78, 5) is 12.2. The number of nitriles is 1. The van der Waals surface area contributed by atoms with Crippen LogP contribution < -0.4 is 9.47 Å². The van der Waals surface area contributed by atoms with Crippen LogP contribution in [0.25, 0.3) is 0 Å². The fraction of sp³-hybridized carbons (Fsp3) is 0.391. The number of esters is 1.